The lowest BCUT2D eigenvalue weighted by Gasteiger charge is -2.19. The van der Waals surface area contributed by atoms with Crippen LogP contribution in [0.15, 0.2) is 12.1 Å². The second-order valence-electron chi connectivity index (χ2n) is 4.60. The molecule has 0 aliphatic rings. The lowest BCUT2D eigenvalue weighted by molar-refractivity contribution is -0.117. The molecule has 0 fully saturated rings. The van der Waals surface area contributed by atoms with E-state index in [1.165, 1.54) is 0 Å². The summed E-state index contributed by atoms with van der Waals surface area (Å²) in [5.74, 6) is 0.0793. The second-order valence-corrected chi connectivity index (χ2v) is 4.60. The number of aromatic hydroxyl groups is 1. The minimum Gasteiger partial charge on any atom is -0.508 e. The Morgan fingerprint density at radius 3 is 2.37 bits per heavy atom. The van der Waals surface area contributed by atoms with E-state index in [4.69, 9.17) is 5.11 Å². The molecule has 1 aromatic rings. The third-order valence-corrected chi connectivity index (χ3v) is 3.01. The van der Waals surface area contributed by atoms with Crippen LogP contribution in [-0.4, -0.2) is 47.3 Å². The van der Waals surface area contributed by atoms with Crippen LogP contribution in [0.2, 0.25) is 0 Å². The Balaban J connectivity index is 2.72. The third-order valence-electron chi connectivity index (χ3n) is 3.01. The smallest absolute Gasteiger partial charge is 0.238 e. The van der Waals surface area contributed by atoms with Crippen molar-refractivity contribution in [3.63, 3.8) is 0 Å². The van der Waals surface area contributed by atoms with Crippen LogP contribution in [0.25, 0.3) is 0 Å². The third kappa shape index (κ3) is 4.54. The summed E-state index contributed by atoms with van der Waals surface area (Å²) in [6.45, 7) is 7.11. The number of anilines is 1. The molecule has 0 radical (unpaired) electrons. The number of likely N-dealkylation sites (N-methyl/N-ethyl adjacent to an activating group) is 1. The molecule has 5 nitrogen and oxygen atoms in total. The minimum atomic E-state index is -0.118. The minimum absolute atomic E-state index is 0.0401. The van der Waals surface area contributed by atoms with Gasteiger partial charge in [0.25, 0.3) is 0 Å². The highest BCUT2D eigenvalue weighted by Gasteiger charge is 2.12. The van der Waals surface area contributed by atoms with Crippen LogP contribution in [0.1, 0.15) is 18.1 Å². The number of amides is 1. The zero-order chi connectivity index (χ0) is 14.4. The summed E-state index contributed by atoms with van der Waals surface area (Å²) in [6.07, 6.45) is 0. The maximum atomic E-state index is 11.9. The molecule has 0 unspecified atom stereocenters. The van der Waals surface area contributed by atoms with Gasteiger partial charge in [-0.1, -0.05) is 6.92 Å². The van der Waals surface area contributed by atoms with E-state index in [9.17, 15) is 9.90 Å². The van der Waals surface area contributed by atoms with E-state index in [0.717, 1.165) is 16.8 Å². The number of aryl methyl sites for hydroxylation is 2. The van der Waals surface area contributed by atoms with Crippen molar-refractivity contribution >= 4 is 11.6 Å². The fourth-order valence-corrected chi connectivity index (χ4v) is 2.01. The average molecular weight is 266 g/mol. The van der Waals surface area contributed by atoms with E-state index >= 15 is 0 Å². The van der Waals surface area contributed by atoms with Gasteiger partial charge < -0.3 is 15.5 Å². The largest absolute Gasteiger partial charge is 0.508 e. The zero-order valence-corrected chi connectivity index (χ0v) is 11.7. The number of phenolic OH excluding ortho intramolecular Hbond substituents is 1. The number of aliphatic hydroxyl groups is 1. The van der Waals surface area contributed by atoms with Gasteiger partial charge in [-0.25, -0.2) is 0 Å². The molecule has 1 aromatic carbocycles. The van der Waals surface area contributed by atoms with Crippen molar-refractivity contribution in [1.82, 2.24) is 4.90 Å². The summed E-state index contributed by atoms with van der Waals surface area (Å²) in [7, 11) is 0. The molecule has 0 heterocycles. The van der Waals surface area contributed by atoms with Gasteiger partial charge in [-0.15, -0.1) is 0 Å². The van der Waals surface area contributed by atoms with Gasteiger partial charge in [0.1, 0.15) is 5.75 Å². The molecule has 0 bridgehead atoms. The van der Waals surface area contributed by atoms with Crippen molar-refractivity contribution in [2.45, 2.75) is 20.8 Å². The second kappa shape index (κ2) is 7.11. The summed E-state index contributed by atoms with van der Waals surface area (Å²) in [4.78, 5) is 13.8. The predicted octanol–water partition coefficient (Wildman–Crippen LogP) is 1.26. The molecule has 0 aliphatic carbocycles. The Bertz CT molecular complexity index is 423. The molecule has 1 amide bonds. The molecule has 0 aromatic heterocycles. The number of aliphatic hydroxyl groups excluding tert-OH is 1. The van der Waals surface area contributed by atoms with Crippen LogP contribution in [0.4, 0.5) is 5.69 Å². The van der Waals surface area contributed by atoms with E-state index in [1.54, 1.807) is 12.1 Å². The molecule has 0 atom stereocenters. The van der Waals surface area contributed by atoms with E-state index < -0.39 is 0 Å². The first-order valence-corrected chi connectivity index (χ1v) is 6.41. The number of carbonyl (C=O) groups excluding carboxylic acids is 1. The van der Waals surface area contributed by atoms with Crippen molar-refractivity contribution in [3.8, 4) is 5.75 Å². The van der Waals surface area contributed by atoms with Crippen molar-refractivity contribution in [1.29, 1.82) is 0 Å². The van der Waals surface area contributed by atoms with E-state index in [0.29, 0.717) is 13.1 Å². The van der Waals surface area contributed by atoms with E-state index in [1.807, 2.05) is 25.7 Å². The molecule has 0 aliphatic heterocycles. The average Bonchev–Trinajstić information content (AvgIpc) is 2.33. The first-order chi connectivity index (χ1) is 8.97. The van der Waals surface area contributed by atoms with Gasteiger partial charge >= 0.3 is 0 Å². The van der Waals surface area contributed by atoms with Gasteiger partial charge in [-0.3, -0.25) is 9.69 Å². The summed E-state index contributed by atoms with van der Waals surface area (Å²) in [6, 6.07) is 3.24. The molecule has 106 valence electrons. The van der Waals surface area contributed by atoms with Crippen LogP contribution in [-0.2, 0) is 4.79 Å². The number of hydrogen-bond donors (Lipinski definition) is 3. The molecular weight excluding hydrogens is 244 g/mol. The topological polar surface area (TPSA) is 72.8 Å². The van der Waals surface area contributed by atoms with E-state index in [2.05, 4.69) is 5.32 Å². The molecule has 0 saturated carbocycles. The van der Waals surface area contributed by atoms with Gasteiger partial charge in [0.2, 0.25) is 5.91 Å². The highest BCUT2D eigenvalue weighted by atomic mass is 16.3. The number of nitrogens with one attached hydrogen (secondary N) is 1. The molecular formula is C14H22N2O3. The van der Waals surface area contributed by atoms with Crippen molar-refractivity contribution in [3.05, 3.63) is 23.3 Å². The Hall–Kier alpha value is -1.59. The maximum absolute atomic E-state index is 11.9. The number of carbonyl (C=O) groups is 1. The Kier molecular flexibility index (Phi) is 5.79. The summed E-state index contributed by atoms with van der Waals surface area (Å²) >= 11 is 0. The number of nitrogens with zero attached hydrogens (tertiary/aromatic N) is 1. The molecule has 1 rings (SSSR count). The lowest BCUT2D eigenvalue weighted by atomic mass is 10.1. The van der Waals surface area contributed by atoms with Crippen molar-refractivity contribution < 1.29 is 15.0 Å². The van der Waals surface area contributed by atoms with Crippen LogP contribution in [0.5, 0.6) is 5.75 Å². The Morgan fingerprint density at radius 1 is 1.32 bits per heavy atom. The van der Waals surface area contributed by atoms with E-state index in [-0.39, 0.29) is 24.8 Å². The lowest BCUT2D eigenvalue weighted by Crippen LogP contribution is -2.35. The first kappa shape index (κ1) is 15.5. The molecule has 3 N–H and O–H groups in total. The van der Waals surface area contributed by atoms with Crippen LogP contribution < -0.4 is 5.32 Å². The van der Waals surface area contributed by atoms with Gasteiger partial charge in [0.15, 0.2) is 0 Å². The van der Waals surface area contributed by atoms with Crippen molar-refractivity contribution in [2.24, 2.45) is 0 Å². The highest BCUT2D eigenvalue weighted by Crippen LogP contribution is 2.25. The zero-order valence-electron chi connectivity index (χ0n) is 11.7. The van der Waals surface area contributed by atoms with Crippen molar-refractivity contribution in [2.75, 3.05) is 31.6 Å². The van der Waals surface area contributed by atoms with Crippen LogP contribution >= 0.6 is 0 Å². The quantitative estimate of drug-likeness (QED) is 0.678. The summed E-state index contributed by atoms with van der Waals surface area (Å²) in [5, 5.41) is 21.2. The molecule has 0 saturated heterocycles. The standard InChI is InChI=1S/C14H22N2O3/c1-4-16(5-6-17)9-13(19)15-14-10(2)7-12(18)8-11(14)3/h7-8,17-18H,4-6,9H2,1-3H3,(H,15,19). The summed E-state index contributed by atoms with van der Waals surface area (Å²) < 4.78 is 0. The van der Waals surface area contributed by atoms with Gasteiger partial charge in [0.05, 0.1) is 13.2 Å². The molecule has 19 heavy (non-hydrogen) atoms. The monoisotopic (exact) mass is 266 g/mol. The number of phenols is 1. The maximum Gasteiger partial charge on any atom is 0.238 e. The fourth-order valence-electron chi connectivity index (χ4n) is 2.01. The van der Waals surface area contributed by atoms with Gasteiger partial charge in [-0.05, 0) is 43.7 Å². The van der Waals surface area contributed by atoms with Gasteiger partial charge in [-0.2, -0.15) is 0 Å². The van der Waals surface area contributed by atoms with Crippen LogP contribution in [0, 0.1) is 13.8 Å². The van der Waals surface area contributed by atoms with Gasteiger partial charge in [0, 0.05) is 12.2 Å². The number of hydrogen-bond acceptors (Lipinski definition) is 4. The molecule has 5 heteroatoms. The number of benzene rings is 1. The fraction of sp³-hybridized carbons (Fsp3) is 0.500. The predicted molar refractivity (Wildman–Crippen MR) is 75.4 cm³/mol. The first-order valence-electron chi connectivity index (χ1n) is 6.41. The van der Waals surface area contributed by atoms with Crippen LogP contribution in [0.3, 0.4) is 0 Å². The summed E-state index contributed by atoms with van der Waals surface area (Å²) in [5.41, 5.74) is 2.40. The number of rotatable bonds is 6. The molecule has 0 spiro atoms. The normalized spacial score (nSPS) is 10.8. The highest BCUT2D eigenvalue weighted by molar-refractivity contribution is 5.93. The Morgan fingerprint density at radius 2 is 1.89 bits per heavy atom. The Labute approximate surface area is 113 Å². The SMILES string of the molecule is CCN(CCO)CC(=O)Nc1c(C)cc(O)cc1C.